The second-order valence-electron chi connectivity index (χ2n) is 5.45. The van der Waals surface area contributed by atoms with E-state index in [0.717, 1.165) is 10.9 Å². The highest BCUT2D eigenvalue weighted by Crippen LogP contribution is 2.51. The molecule has 1 unspecified atom stereocenters. The Bertz CT molecular complexity index is 368. The van der Waals surface area contributed by atoms with E-state index in [1.807, 2.05) is 6.07 Å². The summed E-state index contributed by atoms with van der Waals surface area (Å²) in [6.45, 7) is 5.68. The van der Waals surface area contributed by atoms with E-state index in [4.69, 9.17) is 11.6 Å². The molecule has 1 atom stereocenters. The van der Waals surface area contributed by atoms with Crippen molar-refractivity contribution >= 4 is 22.9 Å². The topological polar surface area (TPSA) is 12.0 Å². The predicted molar refractivity (Wildman–Crippen MR) is 81.6 cm³/mol. The third-order valence-electron chi connectivity index (χ3n) is 4.39. The molecule has 18 heavy (non-hydrogen) atoms. The normalized spacial score (nSPS) is 20.2. The molecule has 2 rings (SSSR count). The van der Waals surface area contributed by atoms with Gasteiger partial charge in [-0.25, -0.2) is 0 Å². The van der Waals surface area contributed by atoms with E-state index in [0.29, 0.717) is 11.5 Å². The van der Waals surface area contributed by atoms with Gasteiger partial charge < -0.3 is 5.32 Å². The molecule has 0 spiro atoms. The first-order valence-electron chi connectivity index (χ1n) is 7.20. The molecule has 0 aliphatic heterocycles. The van der Waals surface area contributed by atoms with Crippen LogP contribution in [0.5, 0.6) is 0 Å². The summed E-state index contributed by atoms with van der Waals surface area (Å²) in [7, 11) is 0. The van der Waals surface area contributed by atoms with E-state index in [9.17, 15) is 0 Å². The van der Waals surface area contributed by atoms with Crippen LogP contribution < -0.4 is 5.32 Å². The van der Waals surface area contributed by atoms with Gasteiger partial charge in [0.25, 0.3) is 0 Å². The van der Waals surface area contributed by atoms with Gasteiger partial charge in [0, 0.05) is 10.9 Å². The van der Waals surface area contributed by atoms with Crippen LogP contribution in [0.25, 0.3) is 0 Å². The van der Waals surface area contributed by atoms with Gasteiger partial charge in [-0.3, -0.25) is 0 Å². The van der Waals surface area contributed by atoms with Crippen LogP contribution in [0.15, 0.2) is 12.1 Å². The summed E-state index contributed by atoms with van der Waals surface area (Å²) in [4.78, 5) is 1.43. The highest BCUT2D eigenvalue weighted by molar-refractivity contribution is 7.16. The Hall–Kier alpha value is -0.0500. The van der Waals surface area contributed by atoms with E-state index in [1.165, 1.54) is 43.4 Å². The fourth-order valence-corrected chi connectivity index (χ4v) is 4.60. The third kappa shape index (κ3) is 2.92. The van der Waals surface area contributed by atoms with E-state index >= 15 is 0 Å². The standard InChI is InChI=1S/C15H24ClNS/c1-3-11-17-14(12-7-8-13(16)18-12)15(4-2)9-5-6-10-15/h7-8,14,17H,3-6,9-11H2,1-2H3. The minimum atomic E-state index is 0.462. The average Bonchev–Trinajstić information content (AvgIpc) is 3.00. The van der Waals surface area contributed by atoms with Crippen LogP contribution in [0.4, 0.5) is 0 Å². The minimum absolute atomic E-state index is 0.462. The van der Waals surface area contributed by atoms with Gasteiger partial charge in [0.15, 0.2) is 0 Å². The molecule has 1 aliphatic rings. The first kappa shape index (κ1) is 14.4. The molecule has 0 amide bonds. The Morgan fingerprint density at radius 1 is 1.33 bits per heavy atom. The van der Waals surface area contributed by atoms with Crippen molar-refractivity contribution < 1.29 is 0 Å². The number of hydrogen-bond acceptors (Lipinski definition) is 2. The number of thiophene rings is 1. The maximum atomic E-state index is 6.12. The lowest BCUT2D eigenvalue weighted by atomic mass is 9.75. The zero-order valence-corrected chi connectivity index (χ0v) is 13.0. The lowest BCUT2D eigenvalue weighted by Crippen LogP contribution is -2.36. The molecule has 3 heteroatoms. The van der Waals surface area contributed by atoms with Crippen molar-refractivity contribution in [3.8, 4) is 0 Å². The largest absolute Gasteiger partial charge is 0.309 e. The van der Waals surface area contributed by atoms with Crippen molar-refractivity contribution in [3.05, 3.63) is 21.3 Å². The zero-order chi connectivity index (χ0) is 13.0. The number of rotatable bonds is 6. The van der Waals surface area contributed by atoms with Gasteiger partial charge >= 0.3 is 0 Å². The van der Waals surface area contributed by atoms with Crippen molar-refractivity contribution in [2.45, 2.75) is 58.4 Å². The molecule has 1 heterocycles. The number of hydrogen-bond donors (Lipinski definition) is 1. The molecule has 1 saturated carbocycles. The predicted octanol–water partition coefficient (Wildman–Crippen LogP) is 5.41. The van der Waals surface area contributed by atoms with Gasteiger partial charge in [-0.15, -0.1) is 11.3 Å². The maximum Gasteiger partial charge on any atom is 0.0931 e. The molecule has 0 bridgehead atoms. The lowest BCUT2D eigenvalue weighted by molar-refractivity contribution is 0.190. The first-order valence-corrected chi connectivity index (χ1v) is 8.40. The molecule has 0 saturated heterocycles. The van der Waals surface area contributed by atoms with Gasteiger partial charge in [-0.2, -0.15) is 0 Å². The molecule has 1 aromatic rings. The molecule has 1 fully saturated rings. The van der Waals surface area contributed by atoms with Crippen molar-refractivity contribution in [3.63, 3.8) is 0 Å². The second-order valence-corrected chi connectivity index (χ2v) is 7.20. The van der Waals surface area contributed by atoms with Gasteiger partial charge in [0.05, 0.1) is 4.34 Å². The summed E-state index contributed by atoms with van der Waals surface area (Å²) in [6.07, 6.45) is 7.95. The van der Waals surface area contributed by atoms with E-state index in [1.54, 1.807) is 11.3 Å². The Kier molecular flexibility index (Phi) is 5.11. The smallest absolute Gasteiger partial charge is 0.0931 e. The van der Waals surface area contributed by atoms with Crippen molar-refractivity contribution in [1.82, 2.24) is 5.32 Å². The molecule has 1 aromatic heterocycles. The monoisotopic (exact) mass is 285 g/mol. The van der Waals surface area contributed by atoms with E-state index in [-0.39, 0.29) is 0 Å². The SMILES string of the molecule is CCCNC(c1ccc(Cl)s1)C1(CC)CCCC1. The van der Waals surface area contributed by atoms with Gasteiger partial charge in [0.2, 0.25) is 0 Å². The molecule has 0 radical (unpaired) electrons. The summed E-state index contributed by atoms with van der Waals surface area (Å²) < 4.78 is 0.914. The fraction of sp³-hybridized carbons (Fsp3) is 0.733. The van der Waals surface area contributed by atoms with Crippen molar-refractivity contribution in [2.24, 2.45) is 5.41 Å². The van der Waals surface area contributed by atoms with Crippen molar-refractivity contribution in [2.75, 3.05) is 6.54 Å². The molecule has 0 aromatic carbocycles. The summed E-state index contributed by atoms with van der Waals surface area (Å²) in [5, 5.41) is 3.78. The third-order valence-corrected chi connectivity index (χ3v) is 5.69. The average molecular weight is 286 g/mol. The summed E-state index contributed by atoms with van der Waals surface area (Å²) in [6, 6.07) is 4.76. The quantitative estimate of drug-likeness (QED) is 0.736. The molecule has 1 nitrogen and oxygen atoms in total. The number of nitrogens with one attached hydrogen (secondary N) is 1. The molecule has 102 valence electrons. The molecule has 1 N–H and O–H groups in total. The van der Waals surface area contributed by atoms with Crippen LogP contribution in [-0.4, -0.2) is 6.54 Å². The summed E-state index contributed by atoms with van der Waals surface area (Å²) in [5.41, 5.74) is 0.462. The van der Waals surface area contributed by atoms with Crippen LogP contribution in [0.3, 0.4) is 0 Å². The van der Waals surface area contributed by atoms with Crippen LogP contribution in [0.1, 0.15) is 63.3 Å². The van der Waals surface area contributed by atoms with E-state index in [2.05, 4.69) is 25.2 Å². The minimum Gasteiger partial charge on any atom is -0.309 e. The van der Waals surface area contributed by atoms with Crippen LogP contribution in [-0.2, 0) is 0 Å². The van der Waals surface area contributed by atoms with Gasteiger partial charge in [-0.05, 0) is 49.8 Å². The van der Waals surface area contributed by atoms with Crippen LogP contribution in [0.2, 0.25) is 4.34 Å². The van der Waals surface area contributed by atoms with Crippen LogP contribution >= 0.6 is 22.9 Å². The van der Waals surface area contributed by atoms with Crippen molar-refractivity contribution in [1.29, 1.82) is 0 Å². The Morgan fingerprint density at radius 3 is 2.56 bits per heavy atom. The highest BCUT2D eigenvalue weighted by atomic mass is 35.5. The maximum absolute atomic E-state index is 6.12. The van der Waals surface area contributed by atoms with Crippen LogP contribution in [0, 0.1) is 5.41 Å². The Balaban J connectivity index is 2.23. The molecule has 1 aliphatic carbocycles. The zero-order valence-electron chi connectivity index (χ0n) is 11.5. The van der Waals surface area contributed by atoms with Gasteiger partial charge in [-0.1, -0.05) is 38.3 Å². The second kappa shape index (κ2) is 6.40. The Morgan fingerprint density at radius 2 is 2.06 bits per heavy atom. The lowest BCUT2D eigenvalue weighted by Gasteiger charge is -2.37. The molecular weight excluding hydrogens is 262 g/mol. The number of halogens is 1. The summed E-state index contributed by atoms with van der Waals surface area (Å²) in [5.74, 6) is 0. The first-order chi connectivity index (χ1) is 8.72. The van der Waals surface area contributed by atoms with Gasteiger partial charge in [0.1, 0.15) is 0 Å². The molecular formula is C15H24ClNS. The fourth-order valence-electron chi connectivity index (χ4n) is 3.32. The Labute approximate surface area is 120 Å². The summed E-state index contributed by atoms with van der Waals surface area (Å²) >= 11 is 7.87. The van der Waals surface area contributed by atoms with E-state index < -0.39 is 0 Å². The highest BCUT2D eigenvalue weighted by Gasteiger charge is 2.40.